The van der Waals surface area contributed by atoms with Gasteiger partial charge in [0, 0.05) is 31.5 Å². The first kappa shape index (κ1) is 12.7. The summed E-state index contributed by atoms with van der Waals surface area (Å²) in [5, 5.41) is 5.94. The van der Waals surface area contributed by atoms with Gasteiger partial charge in [0.1, 0.15) is 11.9 Å². The Kier molecular flexibility index (Phi) is 4.43. The molecule has 2 heterocycles. The number of aromatic nitrogens is 2. The second-order valence-corrected chi connectivity index (χ2v) is 4.29. The molecular formula is C11H18N6O. The Hall–Kier alpha value is -1.73. The molecule has 7 heteroatoms. The van der Waals surface area contributed by atoms with Gasteiger partial charge in [0.05, 0.1) is 6.20 Å². The van der Waals surface area contributed by atoms with E-state index in [2.05, 4.69) is 31.5 Å². The predicted octanol–water partition coefficient (Wildman–Crippen LogP) is -0.740. The van der Waals surface area contributed by atoms with Gasteiger partial charge >= 0.3 is 0 Å². The maximum absolute atomic E-state index is 11.7. The van der Waals surface area contributed by atoms with Crippen molar-refractivity contribution in [3.63, 3.8) is 0 Å². The van der Waals surface area contributed by atoms with Crippen LogP contribution in [-0.4, -0.2) is 41.0 Å². The fraction of sp³-hybridized carbons (Fsp3) is 0.545. The summed E-state index contributed by atoms with van der Waals surface area (Å²) in [4.78, 5) is 19.7. The smallest absolute Gasteiger partial charge is 0.238 e. The molecule has 1 amide bonds. The lowest BCUT2D eigenvalue weighted by atomic mass is 10.1. The molecule has 1 aromatic rings. The highest BCUT2D eigenvalue weighted by atomic mass is 16.2. The average molecular weight is 250 g/mol. The predicted molar refractivity (Wildman–Crippen MR) is 67.7 cm³/mol. The van der Waals surface area contributed by atoms with E-state index in [1.54, 1.807) is 18.6 Å². The van der Waals surface area contributed by atoms with Gasteiger partial charge in [-0.05, 0) is 13.3 Å². The van der Waals surface area contributed by atoms with Crippen LogP contribution in [0.15, 0.2) is 18.6 Å². The summed E-state index contributed by atoms with van der Waals surface area (Å²) in [5.74, 6) is 0.730. The Morgan fingerprint density at radius 1 is 1.44 bits per heavy atom. The van der Waals surface area contributed by atoms with Gasteiger partial charge in [-0.3, -0.25) is 15.2 Å². The molecule has 1 aliphatic rings. The Labute approximate surface area is 106 Å². The highest BCUT2D eigenvalue weighted by Gasteiger charge is 2.25. The topological polar surface area (TPSA) is 91.0 Å². The molecule has 0 bridgehead atoms. The summed E-state index contributed by atoms with van der Waals surface area (Å²) < 4.78 is 0. The third-order valence-corrected chi connectivity index (χ3v) is 2.70. The third kappa shape index (κ3) is 3.64. The van der Waals surface area contributed by atoms with Crippen LogP contribution in [0.3, 0.4) is 0 Å². The Bertz CT molecular complexity index is 384. The summed E-state index contributed by atoms with van der Waals surface area (Å²) in [6.07, 6.45) is 5.69. The SMILES string of the molecule is CC1CC(C(=O)NCCNc2cnccn2)NN1. The number of rotatable bonds is 5. The van der Waals surface area contributed by atoms with Gasteiger partial charge in [0.25, 0.3) is 0 Å². The van der Waals surface area contributed by atoms with Crippen molar-refractivity contribution in [2.24, 2.45) is 0 Å². The number of anilines is 1. The number of amides is 1. The van der Waals surface area contributed by atoms with E-state index in [9.17, 15) is 4.79 Å². The fourth-order valence-corrected chi connectivity index (χ4v) is 1.78. The van der Waals surface area contributed by atoms with Gasteiger partial charge in [-0.2, -0.15) is 0 Å². The highest BCUT2D eigenvalue weighted by molar-refractivity contribution is 5.82. The summed E-state index contributed by atoms with van der Waals surface area (Å²) >= 11 is 0. The monoisotopic (exact) mass is 250 g/mol. The Morgan fingerprint density at radius 3 is 3.00 bits per heavy atom. The maximum Gasteiger partial charge on any atom is 0.238 e. The molecule has 0 spiro atoms. The van der Waals surface area contributed by atoms with Crippen molar-refractivity contribution in [2.75, 3.05) is 18.4 Å². The molecule has 0 radical (unpaired) electrons. The largest absolute Gasteiger partial charge is 0.367 e. The van der Waals surface area contributed by atoms with Crippen molar-refractivity contribution in [1.29, 1.82) is 0 Å². The lowest BCUT2D eigenvalue weighted by Crippen LogP contribution is -2.44. The van der Waals surface area contributed by atoms with E-state index in [0.717, 1.165) is 6.42 Å². The maximum atomic E-state index is 11.7. The number of hydrogen-bond acceptors (Lipinski definition) is 6. The quantitative estimate of drug-likeness (QED) is 0.515. The average Bonchev–Trinajstić information content (AvgIpc) is 2.82. The first-order valence-corrected chi connectivity index (χ1v) is 6.04. The van der Waals surface area contributed by atoms with Crippen LogP contribution < -0.4 is 21.5 Å². The van der Waals surface area contributed by atoms with Crippen LogP contribution in [0, 0.1) is 0 Å². The van der Waals surface area contributed by atoms with Crippen LogP contribution in [0.5, 0.6) is 0 Å². The zero-order valence-electron chi connectivity index (χ0n) is 10.3. The highest BCUT2D eigenvalue weighted by Crippen LogP contribution is 2.03. The minimum Gasteiger partial charge on any atom is -0.367 e. The first-order chi connectivity index (χ1) is 8.75. The summed E-state index contributed by atoms with van der Waals surface area (Å²) in [7, 11) is 0. The molecule has 1 saturated heterocycles. The molecule has 18 heavy (non-hydrogen) atoms. The normalized spacial score (nSPS) is 22.7. The molecule has 0 aromatic carbocycles. The van der Waals surface area contributed by atoms with Crippen molar-refractivity contribution in [2.45, 2.75) is 25.4 Å². The Balaban J connectivity index is 1.62. The van der Waals surface area contributed by atoms with Gasteiger partial charge in [0.2, 0.25) is 5.91 Å². The van der Waals surface area contributed by atoms with E-state index in [0.29, 0.717) is 24.9 Å². The van der Waals surface area contributed by atoms with Gasteiger partial charge in [-0.15, -0.1) is 0 Å². The lowest BCUT2D eigenvalue weighted by Gasteiger charge is -2.11. The third-order valence-electron chi connectivity index (χ3n) is 2.70. The molecule has 2 rings (SSSR count). The molecule has 0 saturated carbocycles. The summed E-state index contributed by atoms with van der Waals surface area (Å²) in [5.41, 5.74) is 5.98. The van der Waals surface area contributed by atoms with Crippen LogP contribution in [0.4, 0.5) is 5.82 Å². The van der Waals surface area contributed by atoms with E-state index < -0.39 is 0 Å². The molecule has 1 fully saturated rings. The van der Waals surface area contributed by atoms with E-state index in [4.69, 9.17) is 0 Å². The van der Waals surface area contributed by atoms with Crippen LogP contribution in [-0.2, 0) is 4.79 Å². The molecule has 0 aliphatic carbocycles. The molecule has 98 valence electrons. The van der Waals surface area contributed by atoms with Crippen molar-refractivity contribution < 1.29 is 4.79 Å². The zero-order valence-corrected chi connectivity index (χ0v) is 10.3. The van der Waals surface area contributed by atoms with E-state index >= 15 is 0 Å². The van der Waals surface area contributed by atoms with E-state index in [1.165, 1.54) is 0 Å². The van der Waals surface area contributed by atoms with Crippen LogP contribution in [0.25, 0.3) is 0 Å². The number of nitrogens with zero attached hydrogens (tertiary/aromatic N) is 2. The summed E-state index contributed by atoms with van der Waals surface area (Å²) in [6, 6.07) is 0.190. The molecule has 2 atom stereocenters. The molecule has 1 aliphatic heterocycles. The minimum absolute atomic E-state index is 0.0211. The number of carbonyl (C=O) groups is 1. The molecule has 1 aromatic heterocycles. The van der Waals surface area contributed by atoms with Crippen molar-refractivity contribution in [3.8, 4) is 0 Å². The van der Waals surface area contributed by atoms with Crippen LogP contribution >= 0.6 is 0 Å². The molecule has 7 nitrogen and oxygen atoms in total. The lowest BCUT2D eigenvalue weighted by molar-refractivity contribution is -0.122. The number of carbonyl (C=O) groups excluding carboxylic acids is 1. The van der Waals surface area contributed by atoms with E-state index in [1.807, 2.05) is 6.92 Å². The van der Waals surface area contributed by atoms with Gasteiger partial charge in [0.15, 0.2) is 0 Å². The second-order valence-electron chi connectivity index (χ2n) is 4.29. The first-order valence-electron chi connectivity index (χ1n) is 6.04. The molecule has 2 unspecified atom stereocenters. The molecular weight excluding hydrogens is 232 g/mol. The van der Waals surface area contributed by atoms with E-state index in [-0.39, 0.29) is 11.9 Å². The number of nitrogens with one attached hydrogen (secondary N) is 4. The van der Waals surface area contributed by atoms with Crippen LogP contribution in [0.1, 0.15) is 13.3 Å². The standard InChI is InChI=1S/C11H18N6O/c1-8-6-9(17-16-8)11(18)15-5-4-14-10-7-12-2-3-13-10/h2-3,7-9,16-17H,4-6H2,1H3,(H,13,14)(H,15,18). The summed E-state index contributed by atoms with van der Waals surface area (Å²) in [6.45, 7) is 3.22. The number of hydrazine groups is 1. The van der Waals surface area contributed by atoms with Crippen LogP contribution in [0.2, 0.25) is 0 Å². The fourth-order valence-electron chi connectivity index (χ4n) is 1.78. The number of hydrogen-bond donors (Lipinski definition) is 4. The van der Waals surface area contributed by atoms with Gasteiger partial charge in [-0.1, -0.05) is 0 Å². The van der Waals surface area contributed by atoms with Crippen molar-refractivity contribution in [3.05, 3.63) is 18.6 Å². The van der Waals surface area contributed by atoms with Crippen molar-refractivity contribution >= 4 is 11.7 Å². The van der Waals surface area contributed by atoms with Gasteiger partial charge < -0.3 is 10.6 Å². The van der Waals surface area contributed by atoms with Gasteiger partial charge in [-0.25, -0.2) is 10.4 Å². The van der Waals surface area contributed by atoms with Crippen molar-refractivity contribution in [1.82, 2.24) is 26.1 Å². The zero-order chi connectivity index (χ0) is 12.8. The second kappa shape index (κ2) is 6.27. The Morgan fingerprint density at radius 2 is 2.33 bits per heavy atom. The molecule has 4 N–H and O–H groups in total. The minimum atomic E-state index is -0.142.